The van der Waals surface area contributed by atoms with Crippen LogP contribution in [0.2, 0.25) is 0 Å². The number of nitrogens with zero attached hydrogens (tertiary/aromatic N) is 2. The van der Waals surface area contributed by atoms with Gasteiger partial charge in [0.25, 0.3) is 11.8 Å². The number of carbonyl (C=O) groups is 5. The maximum atomic E-state index is 12.8. The van der Waals surface area contributed by atoms with Crippen LogP contribution in [0, 0.1) is 0 Å². The normalized spacial score (nSPS) is 13.6. The number of halogens is 3. The Hall–Kier alpha value is -8.31. The number of alkyl halides is 3. The largest absolute Gasteiger partial charge is 0.534 e. The summed E-state index contributed by atoms with van der Waals surface area (Å²) >= 11 is 0. The number of amides is 4. The zero-order valence-electron chi connectivity index (χ0n) is 38.4. The summed E-state index contributed by atoms with van der Waals surface area (Å²) in [5.41, 5.74) is 4.64. The Morgan fingerprint density at radius 2 is 1.01 bits per heavy atom. The zero-order valence-corrected chi connectivity index (χ0v) is 39.2. The molecule has 0 unspecified atom stereocenters. The second-order valence-corrected chi connectivity index (χ2v) is 17.5. The number of hydrogen-bond acceptors (Lipinski definition) is 9. The SMILES string of the molecule is CNC(=O)c1ccccc1-c1ccc2c(c1)CN(C(C)=O)c1ccc(C(=O)OC)cc1/C=C\2.CNC(=O)c1ccccc1-c1ccc2c(c1)CN(C(C)=O)c1ccc(OS(=O)(=O)C(F)(F)F)cc1/C=C\2. The number of fused-ring (bicyclic) bond motifs is 4. The Balaban J connectivity index is 0.000000208. The molecule has 6 aromatic carbocycles. The molecule has 0 spiro atoms. The molecule has 0 atom stereocenters. The second-order valence-electron chi connectivity index (χ2n) is 15.9. The molecule has 4 amide bonds. The average molecular weight is 971 g/mol. The van der Waals surface area contributed by atoms with Crippen LogP contribution < -0.4 is 24.6 Å². The molecule has 2 heterocycles. The van der Waals surface area contributed by atoms with Crippen molar-refractivity contribution in [1.29, 1.82) is 0 Å². The fourth-order valence-electron chi connectivity index (χ4n) is 8.03. The van der Waals surface area contributed by atoms with Crippen LogP contribution >= 0.6 is 0 Å². The molecule has 0 saturated carbocycles. The van der Waals surface area contributed by atoms with Crippen molar-refractivity contribution in [2.45, 2.75) is 32.4 Å². The minimum atomic E-state index is -5.85. The fourth-order valence-corrected chi connectivity index (χ4v) is 8.48. The van der Waals surface area contributed by atoms with E-state index in [1.54, 1.807) is 73.6 Å². The molecular formula is C53H45F3N4O9S. The Morgan fingerprint density at radius 3 is 1.46 bits per heavy atom. The summed E-state index contributed by atoms with van der Waals surface area (Å²) in [7, 11) is -1.36. The van der Waals surface area contributed by atoms with Crippen molar-refractivity contribution in [2.75, 3.05) is 31.0 Å². The van der Waals surface area contributed by atoms with Gasteiger partial charge in [-0.05, 0) is 111 Å². The zero-order chi connectivity index (χ0) is 50.5. The second kappa shape index (κ2) is 20.5. The van der Waals surface area contributed by atoms with Gasteiger partial charge in [0.15, 0.2) is 0 Å². The predicted octanol–water partition coefficient (Wildman–Crippen LogP) is 9.52. The standard InChI is InChI=1S/C27H24N2O4.C26H21F3N2O5S/c1-17(30)29-16-22-14-19(23-6-4-5-7-24(23)26(31)28-2)10-8-18(22)9-11-20-15-21(27(32)33-3)12-13-25(20)29;1-16(32)31-15-20-13-18(22-5-3-4-6-23(22)25(33)30-2)9-7-17(20)8-10-19-14-21(11-12-24(19)31)36-37(34,35)26(27,28)29/h4-15H,16H2,1-3H3,(H,28,31);3-14H,15H2,1-2H3,(H,30,33)/b11-9-;10-8-. The summed E-state index contributed by atoms with van der Waals surface area (Å²) in [6, 6.07) is 34.7. The first-order valence-corrected chi connectivity index (χ1v) is 22.9. The van der Waals surface area contributed by atoms with E-state index in [4.69, 9.17) is 4.74 Å². The summed E-state index contributed by atoms with van der Waals surface area (Å²) in [4.78, 5) is 65.0. The molecule has 0 bridgehead atoms. The molecule has 358 valence electrons. The summed E-state index contributed by atoms with van der Waals surface area (Å²) in [6.07, 6.45) is 7.14. The lowest BCUT2D eigenvalue weighted by Gasteiger charge is -2.26. The van der Waals surface area contributed by atoms with Gasteiger partial charge in [-0.3, -0.25) is 19.2 Å². The van der Waals surface area contributed by atoms with Crippen LogP contribution in [0.25, 0.3) is 46.6 Å². The van der Waals surface area contributed by atoms with E-state index in [0.29, 0.717) is 45.7 Å². The monoisotopic (exact) mass is 970 g/mol. The number of ether oxygens (including phenoxy) is 1. The highest BCUT2D eigenvalue weighted by Crippen LogP contribution is 2.37. The van der Waals surface area contributed by atoms with Gasteiger partial charge >= 0.3 is 21.6 Å². The van der Waals surface area contributed by atoms with Gasteiger partial charge < -0.3 is 29.4 Å². The van der Waals surface area contributed by atoms with E-state index in [2.05, 4.69) is 14.8 Å². The van der Waals surface area contributed by atoms with E-state index in [1.807, 2.05) is 72.8 Å². The minimum Gasteiger partial charge on any atom is -0.465 e. The predicted molar refractivity (Wildman–Crippen MR) is 262 cm³/mol. The maximum Gasteiger partial charge on any atom is 0.534 e. The molecule has 2 aliphatic heterocycles. The molecule has 0 aliphatic carbocycles. The van der Waals surface area contributed by atoms with Gasteiger partial charge in [0.05, 0.1) is 37.1 Å². The van der Waals surface area contributed by atoms with E-state index < -0.39 is 27.3 Å². The minimum absolute atomic E-state index is 0.112. The first-order valence-electron chi connectivity index (χ1n) is 21.5. The third-order valence-electron chi connectivity index (χ3n) is 11.5. The highest BCUT2D eigenvalue weighted by atomic mass is 32.2. The van der Waals surface area contributed by atoms with Gasteiger partial charge in [-0.15, -0.1) is 0 Å². The van der Waals surface area contributed by atoms with Crippen LogP contribution in [0.1, 0.15) is 78.3 Å². The van der Waals surface area contributed by atoms with Gasteiger partial charge in [0.2, 0.25) is 11.8 Å². The molecule has 0 saturated heterocycles. The number of methoxy groups -OCH3 is 1. The number of esters is 1. The number of carbonyl (C=O) groups excluding carboxylic acids is 5. The quantitative estimate of drug-likeness (QED) is 0.0900. The Kier molecular flexibility index (Phi) is 14.5. The van der Waals surface area contributed by atoms with Crippen molar-refractivity contribution in [3.8, 4) is 28.0 Å². The number of rotatable bonds is 7. The van der Waals surface area contributed by atoms with Crippen LogP contribution in [0.5, 0.6) is 5.75 Å². The lowest BCUT2D eigenvalue weighted by atomic mass is 9.93. The van der Waals surface area contributed by atoms with E-state index >= 15 is 0 Å². The number of anilines is 2. The average Bonchev–Trinajstić information content (AvgIpc) is 3.34. The van der Waals surface area contributed by atoms with E-state index in [0.717, 1.165) is 56.6 Å². The molecule has 17 heteroatoms. The highest BCUT2D eigenvalue weighted by Gasteiger charge is 2.48. The summed E-state index contributed by atoms with van der Waals surface area (Å²) < 4.78 is 70.2. The molecule has 8 rings (SSSR count). The van der Waals surface area contributed by atoms with Crippen LogP contribution in [-0.2, 0) is 37.5 Å². The number of benzene rings is 6. The van der Waals surface area contributed by atoms with Crippen molar-refractivity contribution in [2.24, 2.45) is 0 Å². The Morgan fingerprint density at radius 1 is 0.571 bits per heavy atom. The highest BCUT2D eigenvalue weighted by molar-refractivity contribution is 7.88. The van der Waals surface area contributed by atoms with E-state index in [1.165, 1.54) is 31.9 Å². The lowest BCUT2D eigenvalue weighted by molar-refractivity contribution is -0.117. The van der Waals surface area contributed by atoms with Gasteiger partial charge in [0, 0.05) is 44.6 Å². The summed E-state index contributed by atoms with van der Waals surface area (Å²) in [6.45, 7) is 3.35. The molecule has 70 heavy (non-hydrogen) atoms. The van der Waals surface area contributed by atoms with Gasteiger partial charge in [-0.1, -0.05) is 85.0 Å². The van der Waals surface area contributed by atoms with Crippen LogP contribution in [0.4, 0.5) is 24.5 Å². The summed E-state index contributed by atoms with van der Waals surface area (Å²) in [5, 5.41) is 5.30. The molecule has 0 fully saturated rings. The molecule has 6 aromatic rings. The van der Waals surface area contributed by atoms with Crippen LogP contribution in [0.15, 0.2) is 121 Å². The van der Waals surface area contributed by atoms with Crippen LogP contribution in [-0.4, -0.2) is 64.7 Å². The summed E-state index contributed by atoms with van der Waals surface area (Å²) in [5.74, 6) is -1.81. The lowest BCUT2D eigenvalue weighted by Crippen LogP contribution is -2.30. The van der Waals surface area contributed by atoms with Crippen molar-refractivity contribution in [3.63, 3.8) is 0 Å². The molecule has 13 nitrogen and oxygen atoms in total. The molecule has 0 radical (unpaired) electrons. The third-order valence-corrected chi connectivity index (χ3v) is 12.5. The molecular weight excluding hydrogens is 926 g/mol. The molecule has 2 aliphatic rings. The van der Waals surface area contributed by atoms with Gasteiger partial charge in [-0.25, -0.2) is 4.79 Å². The van der Waals surface area contributed by atoms with Crippen molar-refractivity contribution in [1.82, 2.24) is 10.6 Å². The maximum absolute atomic E-state index is 12.8. The molecule has 2 N–H and O–H groups in total. The van der Waals surface area contributed by atoms with Gasteiger partial charge in [-0.2, -0.15) is 21.6 Å². The fraction of sp³-hybridized carbons (Fsp3) is 0.151. The first-order chi connectivity index (χ1) is 33.3. The van der Waals surface area contributed by atoms with Gasteiger partial charge in [0.1, 0.15) is 5.75 Å². The topological polar surface area (TPSA) is 168 Å². The van der Waals surface area contributed by atoms with Crippen LogP contribution in [0.3, 0.4) is 0 Å². The molecule has 0 aromatic heterocycles. The van der Waals surface area contributed by atoms with E-state index in [9.17, 15) is 45.6 Å². The smallest absolute Gasteiger partial charge is 0.465 e. The third kappa shape index (κ3) is 10.5. The van der Waals surface area contributed by atoms with E-state index in [-0.39, 0.29) is 30.2 Å². The van der Waals surface area contributed by atoms with Crippen molar-refractivity contribution in [3.05, 3.63) is 171 Å². The first kappa shape index (κ1) is 49.6. The number of hydrogen-bond donors (Lipinski definition) is 2. The Labute approximate surface area is 402 Å². The van der Waals surface area contributed by atoms with Crippen molar-refractivity contribution >= 4 is 75.4 Å². The Bertz CT molecular complexity index is 3260. The van der Waals surface area contributed by atoms with Crippen molar-refractivity contribution < 1.29 is 54.5 Å². The number of nitrogens with one attached hydrogen (secondary N) is 2.